The molecule has 0 aromatic heterocycles. The zero-order valence-corrected chi connectivity index (χ0v) is 17.6. The van der Waals surface area contributed by atoms with E-state index in [4.69, 9.17) is 0 Å². The molecule has 1 heterocycles. The molecule has 1 heteroatoms. The molecule has 4 aromatic rings. The molecule has 1 aliphatic heterocycles. The second-order valence-electron chi connectivity index (χ2n) is 8.39. The molecule has 0 N–H and O–H groups in total. The molecule has 0 amide bonds. The molecule has 0 spiro atoms. The lowest BCUT2D eigenvalue weighted by molar-refractivity contribution is -0.401. The largest absolute Gasteiger partial charge is 0.210 e. The summed E-state index contributed by atoms with van der Waals surface area (Å²) in [6.07, 6.45) is 7.49. The second kappa shape index (κ2) is 7.11. The van der Waals surface area contributed by atoms with Gasteiger partial charge in [-0.15, -0.1) is 6.58 Å². The van der Waals surface area contributed by atoms with E-state index in [2.05, 4.69) is 122 Å². The summed E-state index contributed by atoms with van der Waals surface area (Å²) in [5.41, 5.74) is 5.11. The molecular weight excluding hydrogens is 362 g/mol. The zero-order chi connectivity index (χ0) is 20.7. The molecule has 4 aromatic carbocycles. The Bertz CT molecular complexity index is 1360. The molecule has 1 nitrogen and oxygen atoms in total. The van der Waals surface area contributed by atoms with E-state index < -0.39 is 0 Å². The number of benzene rings is 4. The van der Waals surface area contributed by atoms with E-state index in [9.17, 15) is 0 Å². The van der Waals surface area contributed by atoms with Gasteiger partial charge in [0.2, 0.25) is 5.69 Å². The first kappa shape index (κ1) is 18.6. The fourth-order valence-electron chi connectivity index (χ4n) is 5.03. The average molecular weight is 389 g/mol. The molecule has 5 rings (SSSR count). The third-order valence-corrected chi connectivity index (χ3v) is 6.51. The van der Waals surface area contributed by atoms with Crippen LogP contribution in [-0.2, 0) is 5.41 Å². The van der Waals surface area contributed by atoms with Crippen LogP contribution in [0.4, 0.5) is 5.69 Å². The lowest BCUT2D eigenvalue weighted by Crippen LogP contribution is -2.30. The number of hydrogen-bond donors (Lipinski definition) is 0. The van der Waals surface area contributed by atoms with Crippen LogP contribution < -0.4 is 0 Å². The van der Waals surface area contributed by atoms with Crippen molar-refractivity contribution in [3.63, 3.8) is 0 Å². The Hall–Kier alpha value is -3.45. The molecule has 0 saturated heterocycles. The Morgan fingerprint density at radius 1 is 0.833 bits per heavy atom. The van der Waals surface area contributed by atoms with Gasteiger partial charge in [-0.2, -0.15) is 4.58 Å². The van der Waals surface area contributed by atoms with Gasteiger partial charge in [0.25, 0.3) is 0 Å². The SMILES string of the molecule is C=CCC1(C)C(/C=C/c2ccc3ccccc3c2)=[N+](C)c2ccc3ccccc3c21. The maximum absolute atomic E-state index is 4.08. The highest BCUT2D eigenvalue weighted by atomic mass is 15.0. The van der Waals surface area contributed by atoms with Gasteiger partial charge in [-0.05, 0) is 58.7 Å². The van der Waals surface area contributed by atoms with Crippen molar-refractivity contribution in [3.05, 3.63) is 109 Å². The fourth-order valence-corrected chi connectivity index (χ4v) is 5.03. The van der Waals surface area contributed by atoms with Gasteiger partial charge in [-0.3, -0.25) is 0 Å². The molecule has 30 heavy (non-hydrogen) atoms. The van der Waals surface area contributed by atoms with Gasteiger partial charge in [-0.1, -0.05) is 66.7 Å². The van der Waals surface area contributed by atoms with E-state index in [1.165, 1.54) is 44.1 Å². The van der Waals surface area contributed by atoms with E-state index in [0.717, 1.165) is 6.42 Å². The summed E-state index contributed by atoms with van der Waals surface area (Å²) in [5.74, 6) is 0. The Kier molecular flexibility index (Phi) is 4.40. The molecule has 1 atom stereocenters. The van der Waals surface area contributed by atoms with Crippen LogP contribution >= 0.6 is 0 Å². The predicted molar refractivity (Wildman–Crippen MR) is 130 cm³/mol. The number of hydrogen-bond acceptors (Lipinski definition) is 0. The molecule has 146 valence electrons. The van der Waals surface area contributed by atoms with E-state index in [1.807, 2.05) is 0 Å². The van der Waals surface area contributed by atoms with Crippen LogP contribution in [0.3, 0.4) is 0 Å². The van der Waals surface area contributed by atoms with Crippen molar-refractivity contribution in [1.82, 2.24) is 0 Å². The van der Waals surface area contributed by atoms with Crippen molar-refractivity contribution < 1.29 is 4.58 Å². The summed E-state index contributed by atoms with van der Waals surface area (Å²) in [7, 11) is 2.18. The Labute approximate surface area is 178 Å². The smallest absolute Gasteiger partial charge is 0.198 e. The van der Waals surface area contributed by atoms with Crippen LogP contribution in [0.5, 0.6) is 0 Å². The van der Waals surface area contributed by atoms with Gasteiger partial charge in [0.05, 0.1) is 5.41 Å². The van der Waals surface area contributed by atoms with Crippen molar-refractivity contribution in [3.8, 4) is 0 Å². The normalized spacial score (nSPS) is 18.5. The first-order chi connectivity index (χ1) is 14.6. The van der Waals surface area contributed by atoms with Crippen LogP contribution in [0.15, 0.2) is 97.6 Å². The molecule has 0 aliphatic carbocycles. The lowest BCUT2D eigenvalue weighted by atomic mass is 9.74. The van der Waals surface area contributed by atoms with E-state index >= 15 is 0 Å². The first-order valence-corrected chi connectivity index (χ1v) is 10.5. The zero-order valence-electron chi connectivity index (χ0n) is 17.6. The summed E-state index contributed by atoms with van der Waals surface area (Å²) in [4.78, 5) is 0. The standard InChI is InChI=1S/C29H26N/c1-4-19-29(2)27(18-14-21-13-15-22-9-5-6-11-24(22)20-21)30(3)26-17-16-23-10-7-8-12-25(23)28(26)29/h4-18,20H,1,19H2,2-3H3/q+1/b18-14+. The van der Waals surface area contributed by atoms with E-state index in [0.29, 0.717) is 0 Å². The first-order valence-electron chi connectivity index (χ1n) is 10.5. The van der Waals surface area contributed by atoms with Crippen molar-refractivity contribution in [2.24, 2.45) is 0 Å². The monoisotopic (exact) mass is 388 g/mol. The van der Waals surface area contributed by atoms with Crippen molar-refractivity contribution in [1.29, 1.82) is 0 Å². The Morgan fingerprint density at radius 2 is 1.53 bits per heavy atom. The summed E-state index contributed by atoms with van der Waals surface area (Å²) in [6, 6.07) is 28.4. The van der Waals surface area contributed by atoms with Gasteiger partial charge in [-0.25, -0.2) is 0 Å². The Balaban J connectivity index is 1.64. The number of nitrogens with zero attached hydrogens (tertiary/aromatic N) is 1. The van der Waals surface area contributed by atoms with Crippen molar-refractivity contribution in [2.75, 3.05) is 7.05 Å². The van der Waals surface area contributed by atoms with Crippen molar-refractivity contribution >= 4 is 39.0 Å². The third-order valence-electron chi connectivity index (χ3n) is 6.51. The average Bonchev–Trinajstić information content (AvgIpc) is 2.99. The minimum Gasteiger partial charge on any atom is -0.198 e. The fraction of sp³-hybridized carbons (Fsp3) is 0.138. The van der Waals surface area contributed by atoms with Crippen LogP contribution in [0.1, 0.15) is 24.5 Å². The number of fused-ring (bicyclic) bond motifs is 4. The van der Waals surface area contributed by atoms with Crippen molar-refractivity contribution in [2.45, 2.75) is 18.8 Å². The van der Waals surface area contributed by atoms with Gasteiger partial charge < -0.3 is 0 Å². The van der Waals surface area contributed by atoms with Gasteiger partial charge in [0, 0.05) is 17.7 Å². The molecule has 0 radical (unpaired) electrons. The summed E-state index contributed by atoms with van der Waals surface area (Å²) >= 11 is 0. The molecule has 0 bridgehead atoms. The second-order valence-corrected chi connectivity index (χ2v) is 8.39. The third kappa shape index (κ3) is 2.81. The van der Waals surface area contributed by atoms with Crippen LogP contribution in [0, 0.1) is 0 Å². The van der Waals surface area contributed by atoms with Crippen LogP contribution in [-0.4, -0.2) is 17.3 Å². The molecule has 1 aliphatic rings. The molecule has 1 unspecified atom stereocenters. The molecule has 0 saturated carbocycles. The minimum absolute atomic E-state index is 0.111. The van der Waals surface area contributed by atoms with E-state index in [-0.39, 0.29) is 5.41 Å². The Morgan fingerprint density at radius 3 is 2.33 bits per heavy atom. The van der Waals surface area contributed by atoms with Crippen LogP contribution in [0.25, 0.3) is 27.6 Å². The highest BCUT2D eigenvalue weighted by Gasteiger charge is 2.46. The highest BCUT2D eigenvalue weighted by molar-refractivity contribution is 6.09. The molecule has 0 fully saturated rings. The van der Waals surface area contributed by atoms with Crippen LogP contribution in [0.2, 0.25) is 0 Å². The maximum Gasteiger partial charge on any atom is 0.210 e. The van der Waals surface area contributed by atoms with Gasteiger partial charge >= 0.3 is 0 Å². The van der Waals surface area contributed by atoms with Gasteiger partial charge in [0.1, 0.15) is 7.05 Å². The predicted octanol–water partition coefficient (Wildman–Crippen LogP) is 7.27. The summed E-state index contributed by atoms with van der Waals surface area (Å²) in [6.45, 7) is 6.43. The topological polar surface area (TPSA) is 3.01 Å². The quantitative estimate of drug-likeness (QED) is 0.255. The number of rotatable bonds is 4. The summed E-state index contributed by atoms with van der Waals surface area (Å²) < 4.78 is 2.35. The number of allylic oxidation sites excluding steroid dienone is 2. The van der Waals surface area contributed by atoms with Gasteiger partial charge in [0.15, 0.2) is 5.71 Å². The maximum atomic E-state index is 4.08. The highest BCUT2D eigenvalue weighted by Crippen LogP contribution is 2.46. The lowest BCUT2D eigenvalue weighted by Gasteiger charge is -2.22. The molecular formula is C29H26N+. The minimum atomic E-state index is -0.111. The summed E-state index contributed by atoms with van der Waals surface area (Å²) in [5, 5.41) is 5.17. The van der Waals surface area contributed by atoms with E-state index in [1.54, 1.807) is 0 Å².